The van der Waals surface area contributed by atoms with E-state index in [0.29, 0.717) is 0 Å². The van der Waals surface area contributed by atoms with Gasteiger partial charge >= 0.3 is 0 Å². The van der Waals surface area contributed by atoms with Crippen LogP contribution in [0, 0.1) is 6.92 Å². The zero-order chi connectivity index (χ0) is 25.4. The molecule has 37 heavy (non-hydrogen) atoms. The maximum Gasteiger partial charge on any atom is 0.267 e. The molecule has 2 aliphatic rings. The van der Waals surface area contributed by atoms with Crippen LogP contribution in [0.4, 0.5) is 5.69 Å². The van der Waals surface area contributed by atoms with Gasteiger partial charge in [-0.3, -0.25) is 9.69 Å². The van der Waals surface area contributed by atoms with Crippen LogP contribution in [0.25, 0.3) is 17.0 Å². The molecule has 6 rings (SSSR count). The first-order chi connectivity index (χ1) is 18.1. The maximum absolute atomic E-state index is 13.8. The molecule has 0 radical (unpaired) electrons. The molecule has 1 amide bonds. The molecule has 0 unspecified atom stereocenters. The Morgan fingerprint density at radius 2 is 1.68 bits per heavy atom. The first-order valence-electron chi connectivity index (χ1n) is 12.8. The number of fused-ring (bicyclic) bond motifs is 1. The minimum Gasteiger partial charge on any atom is -0.340 e. The lowest BCUT2D eigenvalue weighted by Gasteiger charge is -2.22. The van der Waals surface area contributed by atoms with Gasteiger partial charge in [0.15, 0.2) is 5.17 Å². The Kier molecular flexibility index (Phi) is 6.66. The molecule has 2 fully saturated rings. The largest absolute Gasteiger partial charge is 0.340 e. The van der Waals surface area contributed by atoms with E-state index in [-0.39, 0.29) is 11.9 Å². The van der Waals surface area contributed by atoms with E-state index in [9.17, 15) is 4.79 Å². The van der Waals surface area contributed by atoms with E-state index in [1.807, 2.05) is 47.4 Å². The number of halogens is 1. The van der Waals surface area contributed by atoms with Crippen molar-refractivity contribution in [3.63, 3.8) is 0 Å². The van der Waals surface area contributed by atoms with Crippen molar-refractivity contribution in [3.8, 4) is 0 Å². The Labute approximate surface area is 226 Å². The molecule has 4 nitrogen and oxygen atoms in total. The second-order valence-corrected chi connectivity index (χ2v) is 11.1. The number of hydrogen-bond donors (Lipinski definition) is 0. The Balaban J connectivity index is 1.42. The number of carbonyl (C=O) groups is 1. The van der Waals surface area contributed by atoms with Crippen molar-refractivity contribution >= 4 is 57.1 Å². The van der Waals surface area contributed by atoms with Crippen molar-refractivity contribution in [2.75, 3.05) is 0 Å². The summed E-state index contributed by atoms with van der Waals surface area (Å²) in [6.07, 6.45) is 6.47. The molecular formula is C31H28ClN3OS. The highest BCUT2D eigenvalue weighted by Crippen LogP contribution is 2.40. The number of aromatic nitrogens is 1. The molecule has 0 spiro atoms. The van der Waals surface area contributed by atoms with Gasteiger partial charge in [-0.1, -0.05) is 73.0 Å². The Morgan fingerprint density at radius 1 is 0.973 bits per heavy atom. The second kappa shape index (κ2) is 10.2. The number of aliphatic imine (C=N–C) groups is 1. The quantitative estimate of drug-likeness (QED) is 0.246. The van der Waals surface area contributed by atoms with Crippen molar-refractivity contribution in [1.82, 2.24) is 9.47 Å². The summed E-state index contributed by atoms with van der Waals surface area (Å²) in [5, 5.41) is 2.67. The van der Waals surface area contributed by atoms with Crippen LogP contribution in [-0.4, -0.2) is 26.6 Å². The summed E-state index contributed by atoms with van der Waals surface area (Å²) in [4.78, 5) is 21.4. The van der Waals surface area contributed by atoms with Crippen LogP contribution >= 0.6 is 23.4 Å². The maximum atomic E-state index is 13.8. The minimum absolute atomic E-state index is 0.0699. The third-order valence-electron chi connectivity index (χ3n) is 7.32. The molecule has 1 saturated carbocycles. The van der Waals surface area contributed by atoms with Crippen molar-refractivity contribution < 1.29 is 4.79 Å². The highest BCUT2D eigenvalue weighted by molar-refractivity contribution is 8.18. The van der Waals surface area contributed by atoms with Crippen molar-refractivity contribution in [3.05, 3.63) is 106 Å². The third kappa shape index (κ3) is 4.74. The van der Waals surface area contributed by atoms with Crippen molar-refractivity contribution in [2.45, 2.75) is 45.2 Å². The van der Waals surface area contributed by atoms with Crippen LogP contribution in [0.15, 0.2) is 88.8 Å². The Bertz CT molecular complexity index is 1520. The predicted octanol–water partition coefficient (Wildman–Crippen LogP) is 8.20. The standard InChI is InChI=1S/C31H28ClN3OS/c1-21-27(26-13-7-8-14-28(26)34(21)20-22-15-17-23(32)18-16-22)19-29-30(36)35(25-11-5-6-12-25)31(37-29)33-24-9-3-2-4-10-24/h2-4,7-10,13-19,25H,5-6,11-12,20H2,1H3/b29-19-,33-31?. The van der Waals surface area contributed by atoms with E-state index < -0.39 is 0 Å². The van der Waals surface area contributed by atoms with Gasteiger partial charge in [0.1, 0.15) is 0 Å². The van der Waals surface area contributed by atoms with Gasteiger partial charge in [0.2, 0.25) is 0 Å². The van der Waals surface area contributed by atoms with Crippen molar-refractivity contribution in [2.24, 2.45) is 4.99 Å². The molecule has 4 aromatic rings. The molecule has 2 heterocycles. The first-order valence-corrected chi connectivity index (χ1v) is 14.0. The summed E-state index contributed by atoms with van der Waals surface area (Å²) < 4.78 is 2.32. The molecule has 0 N–H and O–H groups in total. The summed E-state index contributed by atoms with van der Waals surface area (Å²) in [6.45, 7) is 2.88. The zero-order valence-electron chi connectivity index (χ0n) is 20.7. The zero-order valence-corrected chi connectivity index (χ0v) is 22.3. The highest BCUT2D eigenvalue weighted by Gasteiger charge is 2.39. The SMILES string of the molecule is Cc1c(/C=C2\SC(=Nc3ccccc3)N(C3CCCC3)C2=O)c2ccccc2n1Cc1ccc(Cl)cc1. The van der Waals surface area contributed by atoms with Gasteiger partial charge in [-0.05, 0) is 73.5 Å². The molecular weight excluding hydrogens is 498 g/mol. The number of amidine groups is 1. The second-order valence-electron chi connectivity index (χ2n) is 9.68. The van der Waals surface area contributed by atoms with E-state index in [0.717, 1.165) is 75.2 Å². The minimum atomic E-state index is 0.0699. The van der Waals surface area contributed by atoms with Gasteiger partial charge < -0.3 is 4.57 Å². The lowest BCUT2D eigenvalue weighted by Crippen LogP contribution is -2.37. The van der Waals surface area contributed by atoms with E-state index in [4.69, 9.17) is 16.6 Å². The number of benzene rings is 3. The monoisotopic (exact) mass is 525 g/mol. The highest BCUT2D eigenvalue weighted by atomic mass is 35.5. The summed E-state index contributed by atoms with van der Waals surface area (Å²) in [5.41, 5.74) is 5.44. The fraction of sp³-hybridized carbons (Fsp3) is 0.226. The van der Waals surface area contributed by atoms with Crippen LogP contribution in [-0.2, 0) is 11.3 Å². The summed E-state index contributed by atoms with van der Waals surface area (Å²) in [7, 11) is 0. The van der Waals surface area contributed by atoms with Gasteiger partial charge in [0, 0.05) is 39.8 Å². The lowest BCUT2D eigenvalue weighted by molar-refractivity contribution is -0.123. The van der Waals surface area contributed by atoms with E-state index in [1.54, 1.807) is 0 Å². The van der Waals surface area contributed by atoms with Gasteiger partial charge in [0.25, 0.3) is 5.91 Å². The average molecular weight is 526 g/mol. The fourth-order valence-corrected chi connectivity index (χ4v) is 6.58. The summed E-state index contributed by atoms with van der Waals surface area (Å²) >= 11 is 7.61. The average Bonchev–Trinajstić information content (AvgIpc) is 3.61. The lowest BCUT2D eigenvalue weighted by atomic mass is 10.1. The Hall–Kier alpha value is -3.28. The van der Waals surface area contributed by atoms with Gasteiger partial charge in [-0.2, -0.15) is 0 Å². The van der Waals surface area contributed by atoms with Crippen LogP contribution in [0.5, 0.6) is 0 Å². The van der Waals surface area contributed by atoms with E-state index >= 15 is 0 Å². The van der Waals surface area contributed by atoms with E-state index in [2.05, 4.69) is 54.0 Å². The van der Waals surface area contributed by atoms with E-state index in [1.165, 1.54) is 17.3 Å². The molecule has 3 aromatic carbocycles. The van der Waals surface area contributed by atoms with Crippen LogP contribution in [0.3, 0.4) is 0 Å². The number of para-hydroxylation sites is 2. The fourth-order valence-electron chi connectivity index (χ4n) is 5.41. The number of rotatable bonds is 5. The molecule has 6 heteroatoms. The molecule has 0 atom stereocenters. The van der Waals surface area contributed by atoms with Crippen LogP contribution in [0.1, 0.15) is 42.5 Å². The van der Waals surface area contributed by atoms with Gasteiger partial charge in [-0.15, -0.1) is 0 Å². The van der Waals surface area contributed by atoms with Crippen LogP contribution in [0.2, 0.25) is 5.02 Å². The molecule has 186 valence electrons. The molecule has 1 aliphatic heterocycles. The van der Waals surface area contributed by atoms with Gasteiger partial charge in [-0.25, -0.2) is 4.99 Å². The van der Waals surface area contributed by atoms with Crippen LogP contribution < -0.4 is 0 Å². The number of hydrogen-bond acceptors (Lipinski definition) is 3. The van der Waals surface area contributed by atoms with Gasteiger partial charge in [0.05, 0.1) is 10.6 Å². The first kappa shape index (κ1) is 24.1. The molecule has 0 bridgehead atoms. The van der Waals surface area contributed by atoms with Crippen molar-refractivity contribution in [1.29, 1.82) is 0 Å². The number of thioether (sulfide) groups is 1. The number of carbonyl (C=O) groups excluding carboxylic acids is 1. The summed E-state index contributed by atoms with van der Waals surface area (Å²) in [5.74, 6) is 0.0699. The smallest absolute Gasteiger partial charge is 0.267 e. The molecule has 1 aliphatic carbocycles. The molecule has 1 aromatic heterocycles. The number of nitrogens with zero attached hydrogens (tertiary/aromatic N) is 3. The topological polar surface area (TPSA) is 37.6 Å². The normalized spacial score (nSPS) is 18.6. The predicted molar refractivity (Wildman–Crippen MR) is 155 cm³/mol. The third-order valence-corrected chi connectivity index (χ3v) is 8.55. The number of amides is 1. The molecule has 1 saturated heterocycles. The Morgan fingerprint density at radius 3 is 2.43 bits per heavy atom. The summed E-state index contributed by atoms with van der Waals surface area (Å²) in [6, 6.07) is 26.6.